The summed E-state index contributed by atoms with van der Waals surface area (Å²) in [6, 6.07) is 2.07. The molecule has 2 rings (SSSR count). The summed E-state index contributed by atoms with van der Waals surface area (Å²) in [7, 11) is 3.75. The van der Waals surface area contributed by atoms with Crippen molar-refractivity contribution in [2.45, 2.75) is 25.8 Å². The summed E-state index contributed by atoms with van der Waals surface area (Å²) in [4.78, 5) is 11.8. The highest BCUT2D eigenvalue weighted by Gasteiger charge is 2.16. The molecule has 0 bridgehead atoms. The average Bonchev–Trinajstić information content (AvgIpc) is 2.62. The van der Waals surface area contributed by atoms with Crippen molar-refractivity contribution in [3.05, 3.63) is 33.2 Å². The van der Waals surface area contributed by atoms with E-state index in [2.05, 4.69) is 11.4 Å². The molecule has 1 aromatic rings. The fraction of sp³-hybridized carbons (Fsp3) is 0.545. The largest absolute Gasteiger partial charge is 0.315 e. The summed E-state index contributed by atoms with van der Waals surface area (Å²) in [6.45, 7) is 0.667. The molecule has 0 saturated heterocycles. The van der Waals surface area contributed by atoms with E-state index in [1.807, 2.05) is 18.7 Å². The van der Waals surface area contributed by atoms with Crippen LogP contribution in [-0.4, -0.2) is 11.6 Å². The lowest BCUT2D eigenvalue weighted by molar-refractivity contribution is 0.737. The molecule has 3 heteroatoms. The van der Waals surface area contributed by atoms with E-state index in [0.29, 0.717) is 6.54 Å². The second kappa shape index (κ2) is 3.58. The molecule has 1 aliphatic carbocycles. The molecule has 1 heterocycles. The highest BCUT2D eigenvalue weighted by Crippen LogP contribution is 2.20. The normalized spacial score (nSPS) is 14.4. The standard InChI is InChI=1S/C11H16N2O/c1-12-7-9-6-8-4-3-5-10(8)13(2)11(9)14/h6,12H,3-5,7H2,1-2H3. The third kappa shape index (κ3) is 1.38. The highest BCUT2D eigenvalue weighted by molar-refractivity contribution is 5.30. The maximum absolute atomic E-state index is 11.8. The van der Waals surface area contributed by atoms with Crippen LogP contribution in [0.4, 0.5) is 0 Å². The van der Waals surface area contributed by atoms with E-state index in [0.717, 1.165) is 18.4 Å². The molecule has 0 fully saturated rings. The van der Waals surface area contributed by atoms with Gasteiger partial charge in [-0.15, -0.1) is 0 Å². The smallest absolute Gasteiger partial charge is 0.255 e. The number of hydrogen-bond donors (Lipinski definition) is 1. The molecule has 3 nitrogen and oxygen atoms in total. The molecule has 0 unspecified atom stereocenters. The average molecular weight is 192 g/mol. The van der Waals surface area contributed by atoms with Gasteiger partial charge in [0, 0.05) is 24.8 Å². The molecular formula is C11H16N2O. The summed E-state index contributed by atoms with van der Waals surface area (Å²) >= 11 is 0. The Morgan fingerprint density at radius 2 is 2.29 bits per heavy atom. The van der Waals surface area contributed by atoms with Gasteiger partial charge in [0.1, 0.15) is 0 Å². The first-order valence-electron chi connectivity index (χ1n) is 5.09. The summed E-state index contributed by atoms with van der Waals surface area (Å²) < 4.78 is 1.81. The van der Waals surface area contributed by atoms with E-state index in [4.69, 9.17) is 0 Å². The lowest BCUT2D eigenvalue weighted by Crippen LogP contribution is -2.26. The zero-order chi connectivity index (χ0) is 10.1. The predicted octanol–water partition coefficient (Wildman–Crippen LogP) is 0.593. The van der Waals surface area contributed by atoms with Crippen molar-refractivity contribution < 1.29 is 0 Å². The van der Waals surface area contributed by atoms with E-state index >= 15 is 0 Å². The van der Waals surface area contributed by atoms with Crippen LogP contribution >= 0.6 is 0 Å². The zero-order valence-electron chi connectivity index (χ0n) is 8.76. The van der Waals surface area contributed by atoms with Crippen LogP contribution in [0.3, 0.4) is 0 Å². The molecule has 76 valence electrons. The van der Waals surface area contributed by atoms with Crippen LogP contribution < -0.4 is 10.9 Å². The number of hydrogen-bond acceptors (Lipinski definition) is 2. The van der Waals surface area contributed by atoms with Crippen LogP contribution in [0.5, 0.6) is 0 Å². The Hall–Kier alpha value is -1.09. The molecule has 0 spiro atoms. The van der Waals surface area contributed by atoms with Crippen LogP contribution in [0.15, 0.2) is 10.9 Å². The quantitative estimate of drug-likeness (QED) is 0.744. The van der Waals surface area contributed by atoms with Gasteiger partial charge in [-0.3, -0.25) is 4.79 Å². The van der Waals surface area contributed by atoms with Crippen molar-refractivity contribution in [2.75, 3.05) is 7.05 Å². The van der Waals surface area contributed by atoms with Gasteiger partial charge in [0.2, 0.25) is 0 Å². The minimum Gasteiger partial charge on any atom is -0.315 e. The van der Waals surface area contributed by atoms with Crippen LogP contribution in [-0.2, 0) is 26.4 Å². The third-order valence-corrected chi connectivity index (χ3v) is 2.93. The summed E-state index contributed by atoms with van der Waals surface area (Å²) in [5.41, 5.74) is 3.63. The Bertz CT molecular complexity index is 406. The van der Waals surface area contributed by atoms with Gasteiger partial charge in [0.05, 0.1) is 0 Å². The highest BCUT2D eigenvalue weighted by atomic mass is 16.1. The fourth-order valence-electron chi connectivity index (χ4n) is 2.22. The van der Waals surface area contributed by atoms with E-state index < -0.39 is 0 Å². The molecule has 0 atom stereocenters. The molecule has 1 N–H and O–H groups in total. The fourth-order valence-corrected chi connectivity index (χ4v) is 2.22. The molecule has 1 aromatic heterocycles. The zero-order valence-corrected chi connectivity index (χ0v) is 8.76. The van der Waals surface area contributed by atoms with Crippen molar-refractivity contribution in [3.63, 3.8) is 0 Å². The lowest BCUT2D eigenvalue weighted by atomic mass is 10.1. The maximum atomic E-state index is 11.8. The van der Waals surface area contributed by atoms with E-state index in [1.54, 1.807) is 0 Å². The topological polar surface area (TPSA) is 34.0 Å². The van der Waals surface area contributed by atoms with Gasteiger partial charge in [-0.25, -0.2) is 0 Å². The first-order valence-corrected chi connectivity index (χ1v) is 5.09. The van der Waals surface area contributed by atoms with Crippen molar-refractivity contribution >= 4 is 0 Å². The first-order chi connectivity index (χ1) is 6.74. The number of nitrogens with one attached hydrogen (secondary N) is 1. The molecule has 0 aliphatic heterocycles. The number of nitrogens with zero attached hydrogens (tertiary/aromatic N) is 1. The molecule has 14 heavy (non-hydrogen) atoms. The maximum Gasteiger partial charge on any atom is 0.255 e. The van der Waals surface area contributed by atoms with Crippen molar-refractivity contribution in [3.8, 4) is 0 Å². The monoisotopic (exact) mass is 192 g/mol. The molecule has 0 radical (unpaired) electrons. The molecule has 1 aliphatic rings. The molecule has 0 amide bonds. The first kappa shape index (κ1) is 9.46. The molecule has 0 saturated carbocycles. The second-order valence-corrected chi connectivity index (χ2v) is 3.89. The van der Waals surface area contributed by atoms with Gasteiger partial charge in [0.15, 0.2) is 0 Å². The number of aromatic nitrogens is 1. The summed E-state index contributed by atoms with van der Waals surface area (Å²) in [6.07, 6.45) is 3.37. The van der Waals surface area contributed by atoms with E-state index in [9.17, 15) is 4.79 Å². The predicted molar refractivity (Wildman–Crippen MR) is 56.5 cm³/mol. The van der Waals surface area contributed by atoms with Gasteiger partial charge in [-0.1, -0.05) is 0 Å². The summed E-state index contributed by atoms with van der Waals surface area (Å²) in [5.74, 6) is 0. The van der Waals surface area contributed by atoms with E-state index in [-0.39, 0.29) is 5.56 Å². The number of aryl methyl sites for hydroxylation is 1. The van der Waals surface area contributed by atoms with Crippen molar-refractivity contribution in [1.82, 2.24) is 9.88 Å². The minimum absolute atomic E-state index is 0.153. The Kier molecular flexibility index (Phi) is 2.42. The van der Waals surface area contributed by atoms with Crippen molar-refractivity contribution in [1.29, 1.82) is 0 Å². The number of pyridine rings is 1. The van der Waals surface area contributed by atoms with Crippen LogP contribution in [0, 0.1) is 0 Å². The van der Waals surface area contributed by atoms with Crippen LogP contribution in [0.1, 0.15) is 23.2 Å². The third-order valence-electron chi connectivity index (χ3n) is 2.93. The summed E-state index contributed by atoms with van der Waals surface area (Å²) in [5, 5.41) is 3.03. The Morgan fingerprint density at radius 1 is 1.50 bits per heavy atom. The van der Waals surface area contributed by atoms with Gasteiger partial charge in [-0.2, -0.15) is 0 Å². The number of fused-ring (bicyclic) bond motifs is 1. The molecule has 0 aromatic carbocycles. The SMILES string of the molecule is CNCc1cc2c(n(C)c1=O)CCC2. The van der Waals surface area contributed by atoms with Gasteiger partial charge >= 0.3 is 0 Å². The Balaban J connectivity index is 2.55. The van der Waals surface area contributed by atoms with Crippen LogP contribution in [0.2, 0.25) is 0 Å². The van der Waals surface area contributed by atoms with Gasteiger partial charge in [-0.05, 0) is 37.9 Å². The van der Waals surface area contributed by atoms with E-state index in [1.165, 1.54) is 17.7 Å². The van der Waals surface area contributed by atoms with Gasteiger partial charge < -0.3 is 9.88 Å². The minimum atomic E-state index is 0.153. The molecular weight excluding hydrogens is 176 g/mol. The van der Waals surface area contributed by atoms with Crippen LogP contribution in [0.25, 0.3) is 0 Å². The number of rotatable bonds is 2. The van der Waals surface area contributed by atoms with Gasteiger partial charge in [0.25, 0.3) is 5.56 Å². The Morgan fingerprint density at radius 3 is 3.00 bits per heavy atom. The lowest BCUT2D eigenvalue weighted by Gasteiger charge is -2.09. The second-order valence-electron chi connectivity index (χ2n) is 3.89. The Labute approximate surface area is 83.8 Å². The van der Waals surface area contributed by atoms with Crippen molar-refractivity contribution in [2.24, 2.45) is 7.05 Å².